The van der Waals surface area contributed by atoms with Gasteiger partial charge in [-0.2, -0.15) is 0 Å². The molecule has 2 heterocycles. The van der Waals surface area contributed by atoms with Crippen LogP contribution in [-0.4, -0.2) is 170 Å². The molecule has 2 aromatic heterocycles. The largest absolute Gasteiger partial charge is 0.444 e. The van der Waals surface area contributed by atoms with Gasteiger partial charge in [0, 0.05) is 63.3 Å². The number of hydrogen-bond acceptors (Lipinski definition) is 23. The number of ether oxygens (including phenoxy) is 9. The molecule has 0 aliphatic rings. The quantitative estimate of drug-likeness (QED) is 0.0183. The van der Waals surface area contributed by atoms with Crippen LogP contribution in [0.2, 0.25) is 0 Å². The predicted molar refractivity (Wildman–Crippen MR) is 394 cm³/mol. The topological polar surface area (TPSA) is 429 Å². The molecule has 0 aliphatic carbocycles. The average Bonchev–Trinajstić information content (AvgIpc) is 1.86. The number of carbonyl (C=O) groups excluding carboxylic acids is 9. The van der Waals surface area contributed by atoms with Crippen LogP contribution in [0.25, 0.3) is 0 Å². The SMILES string of the molecule is C.C.C.CC(C)(C)OC(=O)NCCCCC(NC(=O)OC(C)(C)C)OC(=O)n1ccnc1.CC(C)(C)OC(=O)NCCCCC(NC(=O)OC(C)(C)C)OC(=O)n1ccnc1.CC(C)(C)OC(=O)NCCCCC(O)NC(=O)OC(C)(C)C.CC(Cc1ccccc1)NC(=O)OC(N)CCCCN. The molecule has 0 saturated carbocycles. The van der Waals surface area contributed by atoms with Crippen LogP contribution in [0.15, 0.2) is 67.8 Å². The normalized spacial score (nSPS) is 12.6. The minimum Gasteiger partial charge on any atom is -0.444 e. The number of rotatable bonds is 28. The van der Waals surface area contributed by atoms with Crippen molar-refractivity contribution in [1.82, 2.24) is 56.3 Å². The van der Waals surface area contributed by atoms with E-state index in [4.69, 9.17) is 54.1 Å². The molecular weight excluding hydrogens is 1340 g/mol. The van der Waals surface area contributed by atoms with Gasteiger partial charge in [-0.15, -0.1) is 0 Å². The Morgan fingerprint density at radius 3 is 1.10 bits per heavy atom. The van der Waals surface area contributed by atoms with E-state index in [9.17, 15) is 48.3 Å². The van der Waals surface area contributed by atoms with Gasteiger partial charge in [0.05, 0.1) is 0 Å². The zero-order chi connectivity index (χ0) is 76.3. The molecule has 0 bridgehead atoms. The van der Waals surface area contributed by atoms with Crippen molar-refractivity contribution in [3.8, 4) is 0 Å². The van der Waals surface area contributed by atoms with Crippen LogP contribution in [0, 0.1) is 0 Å². The Morgan fingerprint density at radius 1 is 0.437 bits per heavy atom. The highest BCUT2D eigenvalue weighted by molar-refractivity contribution is 5.73. The van der Waals surface area contributed by atoms with Crippen LogP contribution in [0.5, 0.6) is 0 Å². The van der Waals surface area contributed by atoms with Gasteiger partial charge in [-0.25, -0.2) is 62.3 Å². The summed E-state index contributed by atoms with van der Waals surface area (Å²) in [4.78, 5) is 114. The number of aliphatic hydroxyl groups excluding tert-OH is 1. The molecule has 3 aromatic rings. The fraction of sp³-hybridized carbons (Fsp3) is 0.704. The van der Waals surface area contributed by atoms with Gasteiger partial charge in [-0.1, -0.05) is 52.6 Å². The van der Waals surface area contributed by atoms with Gasteiger partial charge in [-0.05, 0) is 214 Å². The number of aromatic nitrogens is 4. The molecule has 1 aromatic carbocycles. The smallest absolute Gasteiger partial charge is 0.421 e. The number of nitrogens with two attached hydrogens (primary N) is 2. The van der Waals surface area contributed by atoms with Crippen LogP contribution >= 0.6 is 0 Å². The van der Waals surface area contributed by atoms with Crippen molar-refractivity contribution < 1.29 is 90.9 Å². The molecule has 594 valence electrons. The molecule has 0 radical (unpaired) electrons. The number of aliphatic hydroxyl groups is 1. The first-order valence-corrected chi connectivity index (χ1v) is 33.6. The Labute approximate surface area is 612 Å². The van der Waals surface area contributed by atoms with Crippen LogP contribution in [0.3, 0.4) is 0 Å². The van der Waals surface area contributed by atoms with Crippen molar-refractivity contribution in [1.29, 1.82) is 0 Å². The van der Waals surface area contributed by atoms with E-state index in [1.807, 2.05) is 37.3 Å². The van der Waals surface area contributed by atoms with Crippen LogP contribution < -0.4 is 48.7 Å². The maximum atomic E-state index is 12.1. The van der Waals surface area contributed by atoms with Gasteiger partial charge in [0.25, 0.3) is 0 Å². The molecule has 12 N–H and O–H groups in total. The summed E-state index contributed by atoms with van der Waals surface area (Å²) >= 11 is 0. The van der Waals surface area contributed by atoms with Crippen LogP contribution in [0.1, 0.15) is 236 Å². The highest BCUT2D eigenvalue weighted by Gasteiger charge is 2.26. The molecule has 5 unspecified atom stereocenters. The van der Waals surface area contributed by atoms with Crippen molar-refractivity contribution >= 4 is 54.8 Å². The van der Waals surface area contributed by atoms with Crippen LogP contribution in [0.4, 0.5) is 43.2 Å². The average molecular weight is 1470 g/mol. The van der Waals surface area contributed by atoms with Crippen molar-refractivity contribution in [2.75, 3.05) is 26.2 Å². The Kier molecular flexibility index (Phi) is 50.3. The van der Waals surface area contributed by atoms with Crippen molar-refractivity contribution in [3.63, 3.8) is 0 Å². The summed E-state index contributed by atoms with van der Waals surface area (Å²) in [6.07, 6.45) is 7.72. The zero-order valence-electron chi connectivity index (χ0n) is 62.5. The third kappa shape index (κ3) is 61.7. The molecule has 32 heteroatoms. The summed E-state index contributed by atoms with van der Waals surface area (Å²) in [7, 11) is 0. The molecule has 0 fully saturated rings. The van der Waals surface area contributed by atoms with E-state index in [0.29, 0.717) is 90.4 Å². The number of imidazole rings is 2. The maximum Gasteiger partial charge on any atom is 0.421 e. The van der Waals surface area contributed by atoms with Crippen molar-refractivity contribution in [3.05, 3.63) is 73.3 Å². The molecular formula is C71H131N13O19. The van der Waals surface area contributed by atoms with Crippen LogP contribution in [-0.2, 0) is 49.1 Å². The number of alkyl carbamates (subject to hydrolysis) is 7. The first kappa shape index (κ1) is 101. The van der Waals surface area contributed by atoms with Gasteiger partial charge in [0.2, 0.25) is 0 Å². The van der Waals surface area contributed by atoms with Gasteiger partial charge >= 0.3 is 54.8 Å². The first-order chi connectivity index (χ1) is 46.2. The minimum atomic E-state index is -0.962. The van der Waals surface area contributed by atoms with Gasteiger partial charge in [0.15, 0.2) is 18.7 Å². The Bertz CT molecular complexity index is 2690. The number of amides is 7. The van der Waals surface area contributed by atoms with Crippen molar-refractivity contribution in [2.24, 2.45) is 11.5 Å². The molecule has 5 atom stereocenters. The number of nitrogens with one attached hydrogen (secondary N) is 7. The molecule has 103 heavy (non-hydrogen) atoms. The molecule has 32 nitrogen and oxygen atoms in total. The number of hydrogen-bond donors (Lipinski definition) is 10. The molecule has 0 spiro atoms. The molecule has 3 rings (SSSR count). The second-order valence-electron chi connectivity index (χ2n) is 28.9. The zero-order valence-corrected chi connectivity index (χ0v) is 62.5. The Morgan fingerprint density at radius 2 is 0.767 bits per heavy atom. The Balaban J connectivity index is -0.000000636. The number of nitrogens with zero attached hydrogens (tertiary/aromatic N) is 4. The van der Waals surface area contributed by atoms with Gasteiger partial charge in [-0.3, -0.25) is 21.7 Å². The second kappa shape index (κ2) is 51.5. The summed E-state index contributed by atoms with van der Waals surface area (Å²) in [5.74, 6) is 0. The fourth-order valence-electron chi connectivity index (χ4n) is 7.64. The second-order valence-corrected chi connectivity index (χ2v) is 28.9. The lowest BCUT2D eigenvalue weighted by molar-refractivity contribution is 0.0253. The summed E-state index contributed by atoms with van der Waals surface area (Å²) in [5.41, 5.74) is 8.69. The molecule has 0 aliphatic heterocycles. The number of unbranched alkanes of at least 4 members (excludes halogenated alkanes) is 4. The first-order valence-electron chi connectivity index (χ1n) is 33.6. The van der Waals surface area contributed by atoms with E-state index < -0.39 is 113 Å². The van der Waals surface area contributed by atoms with E-state index in [-0.39, 0.29) is 28.3 Å². The molecule has 0 saturated heterocycles. The standard InChI is InChI=1S/2C19H32N4O6.C15H25N3O2.C15H30N2O5.3CH4/c2*1-18(2,3)28-15(24)21-10-8-7-9-14(22-16(25)29-19(4,5)6)27-17(26)23-12-11-20-13-23;1-12(11-13-7-3-2-4-8-13)18-15(19)20-14(17)9-5-6-10-16;1-14(2,3)21-12(19)16-10-8-7-9-11(18)17-13(20)22-15(4,5)6;;;/h2*11-14H,7-10H2,1-6H3,(H,21,24)(H,22,25);2-4,7-8,12,14H,5-6,9-11,16-17H2,1H3,(H,18,19);11,18H,7-10H2,1-6H3,(H,16,19)(H,17,20);3*1H4. The van der Waals surface area contributed by atoms with E-state index in [1.165, 1.54) is 43.0 Å². The summed E-state index contributed by atoms with van der Waals surface area (Å²) in [6.45, 7) is 35.6. The van der Waals surface area contributed by atoms with E-state index in [0.717, 1.165) is 28.4 Å². The highest BCUT2D eigenvalue weighted by Crippen LogP contribution is 2.15. The van der Waals surface area contributed by atoms with Crippen molar-refractivity contribution in [2.45, 2.75) is 302 Å². The van der Waals surface area contributed by atoms with E-state index in [2.05, 4.69) is 47.2 Å². The third-order valence-corrected chi connectivity index (χ3v) is 11.6. The van der Waals surface area contributed by atoms with E-state index >= 15 is 0 Å². The third-order valence-electron chi connectivity index (χ3n) is 11.6. The van der Waals surface area contributed by atoms with Gasteiger partial charge in [0.1, 0.15) is 52.5 Å². The van der Waals surface area contributed by atoms with Gasteiger partial charge < -0.3 is 74.7 Å². The lowest BCUT2D eigenvalue weighted by Gasteiger charge is -2.23. The Hall–Kier alpha value is -8.65. The maximum absolute atomic E-state index is 12.1. The van der Waals surface area contributed by atoms with E-state index in [1.54, 1.807) is 125 Å². The summed E-state index contributed by atoms with van der Waals surface area (Å²) in [6, 6.07) is 9.99. The monoisotopic (exact) mass is 1470 g/mol. The summed E-state index contributed by atoms with van der Waals surface area (Å²) in [5, 5.41) is 27.8. The molecule has 7 amide bonds. The summed E-state index contributed by atoms with van der Waals surface area (Å²) < 4.78 is 48.9. The fourth-order valence-corrected chi connectivity index (χ4v) is 7.64. The predicted octanol–water partition coefficient (Wildman–Crippen LogP) is 13.0. The lowest BCUT2D eigenvalue weighted by Crippen LogP contribution is -2.42. The highest BCUT2D eigenvalue weighted by atomic mass is 16.6. The lowest BCUT2D eigenvalue weighted by atomic mass is 10.1. The number of benzene rings is 1. The minimum absolute atomic E-state index is 0. The number of carbonyl (C=O) groups is 9.